The van der Waals surface area contributed by atoms with Crippen LogP contribution < -0.4 is 0 Å². The largest absolute Gasteiger partial charge is 0.459 e. The van der Waals surface area contributed by atoms with Gasteiger partial charge in [0, 0.05) is 24.9 Å². The van der Waals surface area contributed by atoms with E-state index in [-0.39, 0.29) is 24.3 Å². The van der Waals surface area contributed by atoms with Crippen LogP contribution in [0.5, 0.6) is 0 Å². The molecule has 2 aliphatic heterocycles. The Morgan fingerprint density at radius 3 is 2.28 bits per heavy atom. The third-order valence-corrected chi connectivity index (χ3v) is 5.29. The normalized spacial score (nSPS) is 24.3. The van der Waals surface area contributed by atoms with Gasteiger partial charge in [-0.2, -0.15) is 13.2 Å². The van der Waals surface area contributed by atoms with Crippen LogP contribution in [0, 0.1) is 0 Å². The van der Waals surface area contributed by atoms with Crippen LogP contribution in [0.1, 0.15) is 41.6 Å². The molecule has 2 fully saturated rings. The number of nitrogens with zero attached hydrogens (tertiary/aromatic N) is 1. The highest BCUT2D eigenvalue weighted by Gasteiger charge is 2.45. The molecular weight excluding hydrogens is 458 g/mol. The van der Waals surface area contributed by atoms with Gasteiger partial charge in [-0.05, 0) is 31.0 Å². The zero-order valence-electron chi connectivity index (χ0n) is 14.9. The first-order valence-electron chi connectivity index (χ1n) is 8.84. The number of carbonyl (C=O) groups excluding carboxylic acids is 2. The van der Waals surface area contributed by atoms with Crippen molar-refractivity contribution in [2.45, 2.75) is 53.8 Å². The Labute approximate surface area is 180 Å². The minimum absolute atomic E-state index is 0.170. The summed E-state index contributed by atoms with van der Waals surface area (Å²) in [7, 11) is 0. The number of esters is 1. The lowest BCUT2D eigenvalue weighted by atomic mass is 10.00. The van der Waals surface area contributed by atoms with Gasteiger partial charge in [-0.15, -0.1) is 0 Å². The van der Waals surface area contributed by atoms with E-state index in [0.29, 0.717) is 25.7 Å². The Morgan fingerprint density at radius 1 is 1.10 bits per heavy atom. The van der Waals surface area contributed by atoms with Crippen molar-refractivity contribution in [1.29, 1.82) is 0 Å². The van der Waals surface area contributed by atoms with E-state index in [0.717, 1.165) is 18.2 Å². The molecule has 0 aromatic heterocycles. The highest BCUT2D eigenvalue weighted by atomic mass is 35.6. The number of piperidine rings is 1. The molecule has 29 heavy (non-hydrogen) atoms. The monoisotopic (exact) mass is 473 g/mol. The smallest absolute Gasteiger partial charge is 0.416 e. The minimum atomic E-state index is -4.55. The van der Waals surface area contributed by atoms with Gasteiger partial charge in [0.05, 0.1) is 11.1 Å². The fraction of sp³-hybridized carbons (Fsp3) is 0.556. The molecule has 11 heteroatoms. The molecule has 1 aromatic rings. The number of rotatable bonds is 3. The Bertz CT molecular complexity index is 770. The summed E-state index contributed by atoms with van der Waals surface area (Å²) in [4.78, 5) is 26.2. The van der Waals surface area contributed by atoms with Crippen molar-refractivity contribution in [2.24, 2.45) is 0 Å². The predicted octanol–water partition coefficient (Wildman–Crippen LogP) is 5.36. The van der Waals surface area contributed by atoms with E-state index in [4.69, 9.17) is 44.3 Å². The van der Waals surface area contributed by atoms with Crippen LogP contribution >= 0.6 is 34.8 Å². The Morgan fingerprint density at radius 2 is 1.72 bits per heavy atom. The van der Waals surface area contributed by atoms with Gasteiger partial charge in [0.2, 0.25) is 3.79 Å². The highest BCUT2D eigenvalue weighted by molar-refractivity contribution is 6.67. The molecule has 160 valence electrons. The number of hydrogen-bond donors (Lipinski definition) is 0. The summed E-state index contributed by atoms with van der Waals surface area (Å²) in [5.74, 6) is -0.826. The van der Waals surface area contributed by atoms with Crippen LogP contribution in [0.3, 0.4) is 0 Å². The van der Waals surface area contributed by atoms with Crippen LogP contribution in [-0.2, 0) is 15.7 Å². The molecule has 1 aromatic carbocycles. The number of fused-ring (bicyclic) bond motifs is 2. The average Bonchev–Trinajstić information content (AvgIpc) is 2.89. The molecule has 2 saturated heterocycles. The van der Waals surface area contributed by atoms with Gasteiger partial charge in [-0.25, -0.2) is 9.59 Å². The van der Waals surface area contributed by atoms with Gasteiger partial charge < -0.3 is 14.4 Å². The molecule has 2 heterocycles. The molecule has 0 spiro atoms. The summed E-state index contributed by atoms with van der Waals surface area (Å²) in [6.45, 7) is -0.388. The van der Waals surface area contributed by atoms with E-state index in [2.05, 4.69) is 0 Å². The van der Waals surface area contributed by atoms with Crippen LogP contribution in [-0.4, -0.2) is 45.5 Å². The Hall–Kier alpha value is -1.38. The molecule has 2 aliphatic rings. The summed E-state index contributed by atoms with van der Waals surface area (Å²) in [5.41, 5.74) is -1.09. The Kier molecular flexibility index (Phi) is 6.46. The maximum absolute atomic E-state index is 12.8. The lowest BCUT2D eigenvalue weighted by molar-refractivity contribution is -0.137. The summed E-state index contributed by atoms with van der Waals surface area (Å²) in [6, 6.07) is 3.66. The van der Waals surface area contributed by atoms with Crippen molar-refractivity contribution >= 4 is 46.9 Å². The molecule has 1 unspecified atom stereocenters. The van der Waals surface area contributed by atoms with Crippen molar-refractivity contribution in [2.75, 3.05) is 6.61 Å². The van der Waals surface area contributed by atoms with E-state index in [1.807, 2.05) is 0 Å². The standard InChI is InChI=1S/C18H17Cl3F3NO4/c19-17(20,21)9-28-16(27)25-12-4-5-13(25)8-14(7-12)29-15(26)10-2-1-3-11(6-10)18(22,23)24/h1-3,6,12-14H,4-5,7-9H2/t12-,13+,14?. The van der Waals surface area contributed by atoms with Crippen LogP contribution in [0.4, 0.5) is 18.0 Å². The lowest BCUT2D eigenvalue weighted by Gasteiger charge is -2.37. The molecule has 0 saturated carbocycles. The van der Waals surface area contributed by atoms with Crippen LogP contribution in [0.15, 0.2) is 24.3 Å². The lowest BCUT2D eigenvalue weighted by Crippen LogP contribution is -2.49. The summed E-state index contributed by atoms with van der Waals surface area (Å²) >= 11 is 16.8. The number of hydrogen-bond acceptors (Lipinski definition) is 4. The number of benzene rings is 1. The van der Waals surface area contributed by atoms with Gasteiger partial charge >= 0.3 is 18.2 Å². The first-order chi connectivity index (χ1) is 13.4. The molecular formula is C18H17Cl3F3NO4. The van der Waals surface area contributed by atoms with Gasteiger partial charge in [0.25, 0.3) is 0 Å². The quantitative estimate of drug-likeness (QED) is 0.437. The van der Waals surface area contributed by atoms with Crippen molar-refractivity contribution < 1.29 is 32.2 Å². The van der Waals surface area contributed by atoms with E-state index >= 15 is 0 Å². The summed E-state index contributed by atoms with van der Waals surface area (Å²) in [5, 5.41) is 0. The topological polar surface area (TPSA) is 55.8 Å². The highest BCUT2D eigenvalue weighted by Crippen LogP contribution is 2.38. The second kappa shape index (κ2) is 8.40. The van der Waals surface area contributed by atoms with E-state index in [1.54, 1.807) is 4.90 Å². The van der Waals surface area contributed by atoms with Crippen molar-refractivity contribution in [3.8, 4) is 0 Å². The maximum Gasteiger partial charge on any atom is 0.416 e. The molecule has 2 bridgehead atoms. The van der Waals surface area contributed by atoms with E-state index in [9.17, 15) is 22.8 Å². The average molecular weight is 475 g/mol. The molecule has 5 nitrogen and oxygen atoms in total. The zero-order valence-corrected chi connectivity index (χ0v) is 17.2. The van der Waals surface area contributed by atoms with Crippen molar-refractivity contribution in [3.05, 3.63) is 35.4 Å². The van der Waals surface area contributed by atoms with E-state index < -0.39 is 33.7 Å². The molecule has 1 amide bonds. The van der Waals surface area contributed by atoms with Crippen LogP contribution in [0.25, 0.3) is 0 Å². The number of ether oxygens (including phenoxy) is 2. The SMILES string of the molecule is O=C(OC1C[C@H]2CC[C@@H](C1)N2C(=O)OCC(Cl)(Cl)Cl)c1cccc(C(F)(F)F)c1. The second-order valence-electron chi connectivity index (χ2n) is 7.04. The summed E-state index contributed by atoms with van der Waals surface area (Å²) < 4.78 is 47.2. The third kappa shape index (κ3) is 5.61. The van der Waals surface area contributed by atoms with Crippen molar-refractivity contribution in [1.82, 2.24) is 4.90 Å². The molecule has 0 radical (unpaired) electrons. The minimum Gasteiger partial charge on any atom is -0.459 e. The van der Waals surface area contributed by atoms with Gasteiger partial charge in [0.1, 0.15) is 12.7 Å². The number of amides is 1. The summed E-state index contributed by atoms with van der Waals surface area (Å²) in [6.07, 6.45) is -3.53. The predicted molar refractivity (Wildman–Crippen MR) is 100 cm³/mol. The molecule has 3 atom stereocenters. The van der Waals surface area contributed by atoms with Gasteiger partial charge in [0.15, 0.2) is 0 Å². The van der Waals surface area contributed by atoms with Crippen molar-refractivity contribution in [3.63, 3.8) is 0 Å². The zero-order chi connectivity index (χ0) is 21.4. The fourth-order valence-electron chi connectivity index (χ4n) is 3.78. The molecule has 0 aliphatic carbocycles. The number of halogens is 6. The Balaban J connectivity index is 1.60. The maximum atomic E-state index is 12.8. The molecule has 3 rings (SSSR count). The first kappa shape index (κ1) is 22.3. The van der Waals surface area contributed by atoms with Gasteiger partial charge in [-0.3, -0.25) is 0 Å². The van der Waals surface area contributed by atoms with E-state index in [1.165, 1.54) is 6.07 Å². The second-order valence-corrected chi connectivity index (χ2v) is 9.56. The number of alkyl halides is 6. The number of carbonyl (C=O) groups is 2. The third-order valence-electron chi connectivity index (χ3n) is 4.96. The van der Waals surface area contributed by atoms with Crippen LogP contribution in [0.2, 0.25) is 0 Å². The van der Waals surface area contributed by atoms with Gasteiger partial charge in [-0.1, -0.05) is 40.9 Å². The molecule has 0 N–H and O–H groups in total. The first-order valence-corrected chi connectivity index (χ1v) is 9.97. The fourth-order valence-corrected chi connectivity index (χ4v) is 3.95.